The van der Waals surface area contributed by atoms with E-state index >= 15 is 0 Å². The van der Waals surface area contributed by atoms with Crippen LogP contribution in [-0.4, -0.2) is 18.3 Å². The first-order valence-corrected chi connectivity index (χ1v) is 9.03. The van der Waals surface area contributed by atoms with Gasteiger partial charge in [-0.05, 0) is 54.1 Å². The zero-order chi connectivity index (χ0) is 16.4. The van der Waals surface area contributed by atoms with Crippen molar-refractivity contribution in [3.8, 4) is 0 Å². The normalized spacial score (nSPS) is 19.6. The molecule has 1 unspecified atom stereocenters. The van der Waals surface area contributed by atoms with E-state index in [-0.39, 0.29) is 12.1 Å². The first kappa shape index (κ1) is 16.2. The maximum absolute atomic E-state index is 12.3. The molecule has 1 aliphatic rings. The van der Waals surface area contributed by atoms with Crippen LogP contribution in [0.3, 0.4) is 0 Å². The summed E-state index contributed by atoms with van der Waals surface area (Å²) in [6, 6.07) is 15.8. The summed E-state index contributed by atoms with van der Waals surface area (Å²) in [7, 11) is 0. The van der Waals surface area contributed by atoms with Crippen LogP contribution in [0.1, 0.15) is 24.5 Å². The van der Waals surface area contributed by atoms with Crippen LogP contribution in [0.5, 0.6) is 0 Å². The molecular weight excluding hydrogens is 328 g/mol. The van der Waals surface area contributed by atoms with E-state index in [2.05, 4.69) is 12.1 Å². The van der Waals surface area contributed by atoms with E-state index in [0.29, 0.717) is 11.4 Å². The molecule has 0 aromatic heterocycles. The SMILES string of the molecule is CSc1ccc(C(=C2CC(C)OC2=O)c2cccc(Cl)c2)cc1. The predicted molar refractivity (Wildman–Crippen MR) is 95.9 cm³/mol. The fraction of sp³-hybridized carbons (Fsp3) is 0.211. The molecule has 2 aromatic rings. The second kappa shape index (κ2) is 6.81. The first-order valence-electron chi connectivity index (χ1n) is 7.43. The van der Waals surface area contributed by atoms with Gasteiger partial charge >= 0.3 is 5.97 Å². The monoisotopic (exact) mass is 344 g/mol. The van der Waals surface area contributed by atoms with Crippen molar-refractivity contribution in [2.45, 2.75) is 24.3 Å². The van der Waals surface area contributed by atoms with E-state index in [1.165, 1.54) is 4.90 Å². The van der Waals surface area contributed by atoms with Crippen molar-refractivity contribution in [1.82, 2.24) is 0 Å². The Morgan fingerprint density at radius 1 is 1.17 bits per heavy atom. The van der Waals surface area contributed by atoms with Crippen molar-refractivity contribution < 1.29 is 9.53 Å². The number of hydrogen-bond acceptors (Lipinski definition) is 3. The van der Waals surface area contributed by atoms with Gasteiger partial charge in [-0.25, -0.2) is 4.79 Å². The molecule has 4 heteroatoms. The fourth-order valence-corrected chi connectivity index (χ4v) is 3.39. The molecule has 23 heavy (non-hydrogen) atoms. The van der Waals surface area contributed by atoms with E-state index in [0.717, 1.165) is 22.3 Å². The van der Waals surface area contributed by atoms with Gasteiger partial charge in [-0.15, -0.1) is 11.8 Å². The highest BCUT2D eigenvalue weighted by atomic mass is 35.5. The van der Waals surface area contributed by atoms with Crippen LogP contribution in [-0.2, 0) is 9.53 Å². The molecule has 1 heterocycles. The van der Waals surface area contributed by atoms with E-state index < -0.39 is 0 Å². The molecule has 1 aliphatic heterocycles. The minimum absolute atomic E-state index is 0.0860. The van der Waals surface area contributed by atoms with Crippen LogP contribution in [0.4, 0.5) is 0 Å². The summed E-state index contributed by atoms with van der Waals surface area (Å²) in [5, 5.41) is 0.653. The number of hydrogen-bond donors (Lipinski definition) is 0. The number of ether oxygens (including phenoxy) is 1. The van der Waals surface area contributed by atoms with E-state index in [1.54, 1.807) is 11.8 Å². The van der Waals surface area contributed by atoms with Crippen molar-refractivity contribution in [3.63, 3.8) is 0 Å². The van der Waals surface area contributed by atoms with Crippen LogP contribution in [0.25, 0.3) is 5.57 Å². The summed E-state index contributed by atoms with van der Waals surface area (Å²) in [6.45, 7) is 1.91. The largest absolute Gasteiger partial charge is 0.459 e. The maximum atomic E-state index is 12.3. The van der Waals surface area contributed by atoms with Gasteiger partial charge in [0, 0.05) is 21.9 Å². The van der Waals surface area contributed by atoms with Gasteiger partial charge in [-0.1, -0.05) is 35.9 Å². The molecule has 1 atom stereocenters. The number of halogens is 1. The van der Waals surface area contributed by atoms with Gasteiger partial charge in [-0.2, -0.15) is 0 Å². The van der Waals surface area contributed by atoms with Crippen molar-refractivity contribution in [1.29, 1.82) is 0 Å². The molecule has 1 fully saturated rings. The standard InChI is InChI=1S/C19H17ClO2S/c1-12-10-17(19(21)22-12)18(14-4-3-5-15(20)11-14)13-6-8-16(23-2)9-7-13/h3-9,11-12H,10H2,1-2H3. The number of esters is 1. The quantitative estimate of drug-likeness (QED) is 0.435. The minimum atomic E-state index is -0.235. The molecule has 0 spiro atoms. The first-order chi connectivity index (χ1) is 11.1. The van der Waals surface area contributed by atoms with E-state index in [9.17, 15) is 4.79 Å². The Labute approximate surface area is 145 Å². The Kier molecular flexibility index (Phi) is 4.79. The number of cyclic esters (lactones) is 1. The summed E-state index contributed by atoms with van der Waals surface area (Å²) >= 11 is 7.85. The molecule has 118 valence electrons. The highest BCUT2D eigenvalue weighted by Gasteiger charge is 2.29. The molecule has 0 radical (unpaired) electrons. The molecule has 0 N–H and O–H groups in total. The Morgan fingerprint density at radius 3 is 2.48 bits per heavy atom. The zero-order valence-electron chi connectivity index (χ0n) is 13.0. The summed E-state index contributed by atoms with van der Waals surface area (Å²) in [5.41, 5.74) is 3.58. The number of carbonyl (C=O) groups excluding carboxylic acids is 1. The van der Waals surface area contributed by atoms with Crippen LogP contribution in [0, 0.1) is 0 Å². The van der Waals surface area contributed by atoms with Crippen LogP contribution in [0.2, 0.25) is 5.02 Å². The number of thioether (sulfide) groups is 1. The zero-order valence-corrected chi connectivity index (χ0v) is 14.6. The lowest BCUT2D eigenvalue weighted by atomic mass is 9.91. The van der Waals surface area contributed by atoms with Crippen LogP contribution in [0.15, 0.2) is 59.0 Å². The molecule has 0 saturated carbocycles. The lowest BCUT2D eigenvalue weighted by molar-refractivity contribution is -0.138. The molecule has 1 saturated heterocycles. The molecule has 0 bridgehead atoms. The Bertz CT molecular complexity index is 765. The fourth-order valence-electron chi connectivity index (χ4n) is 2.79. The van der Waals surface area contributed by atoms with Crippen molar-refractivity contribution in [2.75, 3.05) is 6.26 Å². The third kappa shape index (κ3) is 3.46. The van der Waals surface area contributed by atoms with Crippen LogP contribution < -0.4 is 0 Å². The molecule has 2 aromatic carbocycles. The highest BCUT2D eigenvalue weighted by molar-refractivity contribution is 7.98. The minimum Gasteiger partial charge on any atom is -0.459 e. The topological polar surface area (TPSA) is 26.3 Å². The number of benzene rings is 2. The van der Waals surface area contributed by atoms with Gasteiger partial charge in [0.15, 0.2) is 0 Å². The van der Waals surface area contributed by atoms with Crippen molar-refractivity contribution >= 4 is 34.9 Å². The second-order valence-corrected chi connectivity index (χ2v) is 6.83. The van der Waals surface area contributed by atoms with Crippen molar-refractivity contribution in [3.05, 3.63) is 70.3 Å². The average molecular weight is 345 g/mol. The van der Waals surface area contributed by atoms with Gasteiger partial charge in [0.25, 0.3) is 0 Å². The number of rotatable bonds is 3. The molecule has 0 amide bonds. The predicted octanol–water partition coefficient (Wildman–Crippen LogP) is 5.20. The summed E-state index contributed by atoms with van der Waals surface area (Å²) in [4.78, 5) is 13.5. The third-order valence-electron chi connectivity index (χ3n) is 3.84. The van der Waals surface area contributed by atoms with Gasteiger partial charge in [0.2, 0.25) is 0 Å². The maximum Gasteiger partial charge on any atom is 0.335 e. The molecule has 0 aliphatic carbocycles. The van der Waals surface area contributed by atoms with Gasteiger partial charge in [0.05, 0.1) is 0 Å². The average Bonchev–Trinajstić information content (AvgIpc) is 2.87. The summed E-state index contributed by atoms with van der Waals surface area (Å²) < 4.78 is 5.34. The Balaban J connectivity index is 2.17. The smallest absolute Gasteiger partial charge is 0.335 e. The lowest BCUT2D eigenvalue weighted by Gasteiger charge is -2.12. The third-order valence-corrected chi connectivity index (χ3v) is 4.82. The summed E-state index contributed by atoms with van der Waals surface area (Å²) in [6.07, 6.45) is 2.57. The van der Waals surface area contributed by atoms with Crippen LogP contribution >= 0.6 is 23.4 Å². The van der Waals surface area contributed by atoms with E-state index in [1.807, 2.05) is 49.6 Å². The van der Waals surface area contributed by atoms with Gasteiger partial charge in [-0.3, -0.25) is 0 Å². The second-order valence-electron chi connectivity index (χ2n) is 5.51. The molecular formula is C19H17ClO2S. The Hall–Kier alpha value is -1.71. The van der Waals surface area contributed by atoms with Crippen molar-refractivity contribution in [2.24, 2.45) is 0 Å². The van der Waals surface area contributed by atoms with Gasteiger partial charge < -0.3 is 4.74 Å². The lowest BCUT2D eigenvalue weighted by Crippen LogP contribution is -2.02. The van der Waals surface area contributed by atoms with Gasteiger partial charge in [0.1, 0.15) is 6.10 Å². The molecule has 3 rings (SSSR count). The Morgan fingerprint density at radius 2 is 1.91 bits per heavy atom. The number of carbonyl (C=O) groups is 1. The summed E-state index contributed by atoms with van der Waals surface area (Å²) in [5.74, 6) is -0.235. The highest BCUT2D eigenvalue weighted by Crippen LogP contribution is 2.35. The van der Waals surface area contributed by atoms with E-state index in [4.69, 9.17) is 16.3 Å². The molecule has 2 nitrogen and oxygen atoms in total.